The van der Waals surface area contributed by atoms with Gasteiger partial charge >= 0.3 is 11.9 Å². The number of carbonyl (C=O) groups excluding carboxylic acids is 3. The van der Waals surface area contributed by atoms with Gasteiger partial charge < -0.3 is 14.0 Å². The number of nitrogens with zero attached hydrogens (tertiary/aromatic N) is 2. The van der Waals surface area contributed by atoms with Crippen molar-refractivity contribution in [3.05, 3.63) is 46.2 Å². The molecule has 2 rings (SSSR count). The zero-order chi connectivity index (χ0) is 21.6. The van der Waals surface area contributed by atoms with Gasteiger partial charge in [-0.25, -0.2) is 9.78 Å². The number of ether oxygens (including phenoxy) is 2. The van der Waals surface area contributed by atoms with Crippen LogP contribution in [0.15, 0.2) is 18.0 Å². The van der Waals surface area contributed by atoms with Crippen molar-refractivity contribution in [2.24, 2.45) is 0 Å². The Labute approximate surface area is 173 Å². The number of hydrogen-bond donors (Lipinski definition) is 1. The van der Waals surface area contributed by atoms with Crippen LogP contribution in [0.5, 0.6) is 0 Å². The van der Waals surface area contributed by atoms with Gasteiger partial charge in [-0.15, -0.1) is 17.9 Å². The predicted molar refractivity (Wildman–Crippen MR) is 110 cm³/mol. The summed E-state index contributed by atoms with van der Waals surface area (Å²) in [5.74, 6) is -1.24. The Morgan fingerprint density at radius 1 is 1.24 bits per heavy atom. The molecule has 2 aromatic rings. The molecule has 0 saturated carbocycles. The fourth-order valence-electron chi connectivity index (χ4n) is 3.01. The number of hydrogen-bond acceptors (Lipinski definition) is 7. The molecular formula is C20H25N3O5S. The molecule has 0 aliphatic rings. The fraction of sp³-hybridized carbons (Fsp3) is 0.400. The number of thiazole rings is 1. The van der Waals surface area contributed by atoms with Crippen LogP contribution in [-0.4, -0.2) is 40.6 Å². The largest absolute Gasteiger partial charge is 0.466 e. The van der Waals surface area contributed by atoms with E-state index in [9.17, 15) is 14.4 Å². The van der Waals surface area contributed by atoms with E-state index >= 15 is 0 Å². The second kappa shape index (κ2) is 10.0. The molecule has 0 fully saturated rings. The maximum atomic E-state index is 12.9. The van der Waals surface area contributed by atoms with Crippen LogP contribution in [0.25, 0.3) is 0 Å². The van der Waals surface area contributed by atoms with Crippen molar-refractivity contribution in [2.75, 3.05) is 18.5 Å². The molecule has 0 saturated heterocycles. The van der Waals surface area contributed by atoms with Gasteiger partial charge in [0.15, 0.2) is 5.13 Å². The normalized spacial score (nSPS) is 10.5. The minimum absolute atomic E-state index is 0.0426. The molecule has 2 heterocycles. The summed E-state index contributed by atoms with van der Waals surface area (Å²) < 4.78 is 11.8. The zero-order valence-electron chi connectivity index (χ0n) is 17.0. The van der Waals surface area contributed by atoms with Gasteiger partial charge in [-0.2, -0.15) is 0 Å². The van der Waals surface area contributed by atoms with E-state index in [-0.39, 0.29) is 24.9 Å². The molecule has 0 aliphatic carbocycles. The molecule has 0 unspecified atom stereocenters. The minimum atomic E-state index is -0.486. The summed E-state index contributed by atoms with van der Waals surface area (Å²) in [5, 5.41) is 4.80. The van der Waals surface area contributed by atoms with E-state index in [0.717, 1.165) is 0 Å². The Hall–Kier alpha value is -2.94. The number of allylic oxidation sites excluding steroid dienone is 1. The summed E-state index contributed by atoms with van der Waals surface area (Å²) in [6.07, 6.45) is 1.69. The molecule has 0 spiro atoms. The van der Waals surface area contributed by atoms with Crippen molar-refractivity contribution < 1.29 is 23.9 Å². The van der Waals surface area contributed by atoms with Gasteiger partial charge in [0.1, 0.15) is 5.69 Å². The lowest BCUT2D eigenvalue weighted by Crippen LogP contribution is -2.14. The monoisotopic (exact) mass is 419 g/mol. The average molecular weight is 420 g/mol. The third kappa shape index (κ3) is 5.11. The third-order valence-corrected chi connectivity index (χ3v) is 4.98. The van der Waals surface area contributed by atoms with Crippen LogP contribution in [0, 0.1) is 13.8 Å². The van der Waals surface area contributed by atoms with Crippen molar-refractivity contribution in [1.29, 1.82) is 0 Å². The number of nitrogens with one attached hydrogen (secondary N) is 1. The Morgan fingerprint density at radius 2 is 1.93 bits per heavy atom. The summed E-state index contributed by atoms with van der Waals surface area (Å²) >= 11 is 1.21. The van der Waals surface area contributed by atoms with Crippen molar-refractivity contribution in [2.45, 2.75) is 40.7 Å². The van der Waals surface area contributed by atoms with E-state index in [0.29, 0.717) is 46.5 Å². The van der Waals surface area contributed by atoms with Crippen LogP contribution in [0.4, 0.5) is 5.13 Å². The molecule has 1 N–H and O–H groups in total. The van der Waals surface area contributed by atoms with Gasteiger partial charge in [0, 0.05) is 17.6 Å². The molecular weight excluding hydrogens is 394 g/mol. The highest BCUT2D eigenvalue weighted by Crippen LogP contribution is 2.25. The molecule has 0 aliphatic heterocycles. The maximum absolute atomic E-state index is 12.9. The van der Waals surface area contributed by atoms with Gasteiger partial charge in [0.2, 0.25) is 0 Å². The third-order valence-electron chi connectivity index (χ3n) is 4.18. The second-order valence-electron chi connectivity index (χ2n) is 6.13. The molecule has 156 valence electrons. The van der Waals surface area contributed by atoms with Crippen molar-refractivity contribution in [3.63, 3.8) is 0 Å². The van der Waals surface area contributed by atoms with E-state index in [4.69, 9.17) is 9.47 Å². The summed E-state index contributed by atoms with van der Waals surface area (Å²) in [5.41, 5.74) is 2.40. The minimum Gasteiger partial charge on any atom is -0.466 e. The standard InChI is InChI=1S/C20H25N3O5S/c1-6-9-23-13(5)16(12(4)17(23)19(26)28-8-3)18(25)22-20-21-14(11-29-20)10-15(24)27-7-2/h6,11H,1,7-10H2,2-5H3,(H,21,22,25). The highest BCUT2D eigenvalue weighted by atomic mass is 32.1. The van der Waals surface area contributed by atoms with Gasteiger partial charge in [-0.05, 0) is 33.3 Å². The number of aromatic nitrogens is 2. The van der Waals surface area contributed by atoms with Crippen LogP contribution >= 0.6 is 11.3 Å². The fourth-order valence-corrected chi connectivity index (χ4v) is 3.72. The SMILES string of the molecule is C=CCn1c(C)c(C(=O)Nc2nc(CC(=O)OCC)cs2)c(C)c1C(=O)OCC. The highest BCUT2D eigenvalue weighted by molar-refractivity contribution is 7.14. The van der Waals surface area contributed by atoms with E-state index in [1.807, 2.05) is 0 Å². The first-order valence-corrected chi connectivity index (χ1v) is 10.1. The Kier molecular flexibility index (Phi) is 7.72. The zero-order valence-corrected chi connectivity index (χ0v) is 17.9. The number of carbonyl (C=O) groups is 3. The number of esters is 2. The summed E-state index contributed by atoms with van der Waals surface area (Å²) in [7, 11) is 0. The van der Waals surface area contributed by atoms with Crippen molar-refractivity contribution in [3.8, 4) is 0 Å². The molecule has 0 bridgehead atoms. The molecule has 29 heavy (non-hydrogen) atoms. The molecule has 0 aromatic carbocycles. The summed E-state index contributed by atoms with van der Waals surface area (Å²) in [6.45, 7) is 11.6. The lowest BCUT2D eigenvalue weighted by molar-refractivity contribution is -0.142. The molecule has 1 amide bonds. The second-order valence-corrected chi connectivity index (χ2v) is 6.99. The van der Waals surface area contributed by atoms with E-state index in [1.165, 1.54) is 11.3 Å². The summed E-state index contributed by atoms with van der Waals surface area (Å²) in [4.78, 5) is 41.1. The maximum Gasteiger partial charge on any atom is 0.355 e. The molecule has 9 heteroatoms. The van der Waals surface area contributed by atoms with Crippen molar-refractivity contribution in [1.82, 2.24) is 9.55 Å². The lowest BCUT2D eigenvalue weighted by Gasteiger charge is -2.08. The molecule has 2 aromatic heterocycles. The molecule has 8 nitrogen and oxygen atoms in total. The van der Waals surface area contributed by atoms with Crippen LogP contribution < -0.4 is 5.32 Å². The highest BCUT2D eigenvalue weighted by Gasteiger charge is 2.27. The Bertz CT molecular complexity index is 929. The number of amides is 1. The first-order valence-electron chi connectivity index (χ1n) is 9.22. The predicted octanol–water partition coefficient (Wildman–Crippen LogP) is 3.28. The number of rotatable bonds is 9. The quantitative estimate of drug-likeness (QED) is 0.495. The topological polar surface area (TPSA) is 99.5 Å². The van der Waals surface area contributed by atoms with Gasteiger partial charge in [-0.3, -0.25) is 14.9 Å². The molecule has 0 atom stereocenters. The van der Waals surface area contributed by atoms with Gasteiger partial charge in [0.25, 0.3) is 5.91 Å². The smallest absolute Gasteiger partial charge is 0.355 e. The van der Waals surface area contributed by atoms with Gasteiger partial charge in [-0.1, -0.05) is 6.08 Å². The Balaban J connectivity index is 2.28. The number of anilines is 1. The Morgan fingerprint density at radius 3 is 2.55 bits per heavy atom. The van der Waals surface area contributed by atoms with Crippen LogP contribution in [0.1, 0.15) is 51.6 Å². The van der Waals surface area contributed by atoms with Gasteiger partial charge in [0.05, 0.1) is 30.9 Å². The van der Waals surface area contributed by atoms with Crippen LogP contribution in [-0.2, 0) is 27.2 Å². The van der Waals surface area contributed by atoms with Crippen LogP contribution in [0.3, 0.4) is 0 Å². The van der Waals surface area contributed by atoms with Crippen molar-refractivity contribution >= 4 is 34.3 Å². The first kappa shape index (κ1) is 22.4. The average Bonchev–Trinajstić information content (AvgIpc) is 3.17. The van der Waals surface area contributed by atoms with Crippen LogP contribution in [0.2, 0.25) is 0 Å². The van der Waals surface area contributed by atoms with E-state index < -0.39 is 5.97 Å². The first-order chi connectivity index (χ1) is 13.8. The van der Waals surface area contributed by atoms with E-state index in [2.05, 4.69) is 16.9 Å². The van der Waals surface area contributed by atoms with E-state index in [1.54, 1.807) is 43.7 Å². The summed E-state index contributed by atoms with van der Waals surface area (Å²) in [6, 6.07) is 0. The molecule has 0 radical (unpaired) electrons. The lowest BCUT2D eigenvalue weighted by atomic mass is 10.1.